The molecule has 0 rings (SSSR count). The SMILES string of the molecule is C=C(C)C(=O)OCC(F)(F)S(=O)O.[NaH]. The fraction of sp³-hybridized carbons (Fsp3) is 0.500. The first-order valence-corrected chi connectivity index (χ1v) is 4.19. The van der Waals surface area contributed by atoms with Crippen LogP contribution in [0.5, 0.6) is 0 Å². The van der Waals surface area contributed by atoms with E-state index in [2.05, 4.69) is 11.3 Å². The van der Waals surface area contributed by atoms with Gasteiger partial charge in [0.15, 0.2) is 6.61 Å². The van der Waals surface area contributed by atoms with Crippen LogP contribution in [0, 0.1) is 0 Å². The number of carbonyl (C=O) groups is 1. The molecular formula is C6H9F2NaO4S. The monoisotopic (exact) mass is 238 g/mol. The molecule has 0 aromatic heterocycles. The topological polar surface area (TPSA) is 63.6 Å². The van der Waals surface area contributed by atoms with Crippen LogP contribution in [0.4, 0.5) is 8.78 Å². The van der Waals surface area contributed by atoms with Gasteiger partial charge in [0.25, 0.3) is 0 Å². The molecule has 0 bridgehead atoms. The minimum atomic E-state index is -3.94. The Bertz CT molecular complexity index is 256. The van der Waals surface area contributed by atoms with Crippen molar-refractivity contribution in [2.75, 3.05) is 6.61 Å². The zero-order valence-electron chi connectivity index (χ0n) is 6.75. The first-order chi connectivity index (χ1) is 5.77. The number of rotatable bonds is 4. The summed E-state index contributed by atoms with van der Waals surface area (Å²) in [6, 6.07) is 0. The predicted octanol–water partition coefficient (Wildman–Crippen LogP) is 0.272. The average molecular weight is 238 g/mol. The number of alkyl halides is 2. The number of hydrogen-bond donors (Lipinski definition) is 1. The van der Waals surface area contributed by atoms with E-state index in [-0.39, 0.29) is 35.1 Å². The van der Waals surface area contributed by atoms with Crippen LogP contribution >= 0.6 is 0 Å². The van der Waals surface area contributed by atoms with Crippen molar-refractivity contribution in [1.29, 1.82) is 0 Å². The van der Waals surface area contributed by atoms with Gasteiger partial charge in [-0.1, -0.05) is 6.58 Å². The summed E-state index contributed by atoms with van der Waals surface area (Å²) in [7, 11) is 0. The van der Waals surface area contributed by atoms with Crippen LogP contribution in [-0.4, -0.2) is 56.1 Å². The van der Waals surface area contributed by atoms with Crippen molar-refractivity contribution in [3.05, 3.63) is 12.2 Å². The molecule has 0 aliphatic carbocycles. The second kappa shape index (κ2) is 6.62. The zero-order chi connectivity index (χ0) is 10.6. The Morgan fingerprint density at radius 3 is 2.36 bits per heavy atom. The fourth-order valence-electron chi connectivity index (χ4n) is 0.323. The van der Waals surface area contributed by atoms with Crippen molar-refractivity contribution in [3.8, 4) is 0 Å². The molecule has 8 heteroatoms. The van der Waals surface area contributed by atoms with Crippen LogP contribution in [0.1, 0.15) is 6.92 Å². The van der Waals surface area contributed by atoms with Gasteiger partial charge in [-0.2, -0.15) is 8.78 Å². The molecule has 78 valence electrons. The molecule has 1 unspecified atom stereocenters. The molecule has 0 aromatic carbocycles. The maximum absolute atomic E-state index is 12.3. The van der Waals surface area contributed by atoms with E-state index in [1.54, 1.807) is 0 Å². The zero-order valence-corrected chi connectivity index (χ0v) is 7.57. The molecule has 0 aliphatic heterocycles. The summed E-state index contributed by atoms with van der Waals surface area (Å²) in [6.45, 7) is 2.99. The van der Waals surface area contributed by atoms with E-state index in [1.165, 1.54) is 6.92 Å². The first kappa shape index (κ1) is 16.6. The van der Waals surface area contributed by atoms with Gasteiger partial charge >= 0.3 is 40.8 Å². The normalized spacial score (nSPS) is 12.6. The van der Waals surface area contributed by atoms with Gasteiger partial charge in [0.05, 0.1) is 0 Å². The van der Waals surface area contributed by atoms with Crippen LogP contribution in [0.3, 0.4) is 0 Å². The summed E-state index contributed by atoms with van der Waals surface area (Å²) in [5, 5.41) is -3.94. The molecule has 14 heavy (non-hydrogen) atoms. The van der Waals surface area contributed by atoms with Gasteiger partial charge in [-0.25, -0.2) is 9.00 Å². The predicted molar refractivity (Wildman–Crippen MR) is 48.6 cm³/mol. The summed E-state index contributed by atoms with van der Waals surface area (Å²) in [5.74, 6) is -1.02. The number of esters is 1. The van der Waals surface area contributed by atoms with E-state index in [4.69, 9.17) is 4.55 Å². The molecule has 0 radical (unpaired) electrons. The van der Waals surface area contributed by atoms with Crippen LogP contribution in [-0.2, 0) is 20.6 Å². The van der Waals surface area contributed by atoms with Gasteiger partial charge in [0.2, 0.25) is 11.1 Å². The van der Waals surface area contributed by atoms with Gasteiger partial charge in [-0.3, -0.25) is 0 Å². The minimum absolute atomic E-state index is 0. The summed E-state index contributed by atoms with van der Waals surface area (Å²) >= 11 is -3.35. The molecule has 0 aliphatic rings. The Morgan fingerprint density at radius 2 is 2.07 bits per heavy atom. The van der Waals surface area contributed by atoms with Crippen LogP contribution < -0.4 is 0 Å². The molecule has 0 spiro atoms. The summed E-state index contributed by atoms with van der Waals surface area (Å²) in [5.41, 5.74) is -0.0560. The molecule has 0 heterocycles. The number of halogens is 2. The summed E-state index contributed by atoms with van der Waals surface area (Å²) in [4.78, 5) is 10.6. The molecule has 4 nitrogen and oxygen atoms in total. The second-order valence-corrected chi connectivity index (χ2v) is 3.34. The van der Waals surface area contributed by atoms with Gasteiger partial charge in [-0.15, -0.1) is 0 Å². The molecule has 0 aromatic rings. The van der Waals surface area contributed by atoms with Crippen molar-refractivity contribution in [3.63, 3.8) is 0 Å². The van der Waals surface area contributed by atoms with Gasteiger partial charge < -0.3 is 9.29 Å². The second-order valence-electron chi connectivity index (χ2n) is 2.24. The van der Waals surface area contributed by atoms with Crippen molar-refractivity contribution < 1.29 is 27.1 Å². The molecule has 1 N–H and O–H groups in total. The van der Waals surface area contributed by atoms with Gasteiger partial charge in [-0.05, 0) is 6.92 Å². The Kier molecular flexibility index (Phi) is 7.86. The van der Waals surface area contributed by atoms with Crippen LogP contribution in [0.15, 0.2) is 12.2 Å². The molecule has 1 atom stereocenters. The quantitative estimate of drug-likeness (QED) is 0.330. The number of carbonyl (C=O) groups excluding carboxylic acids is 1. The van der Waals surface area contributed by atoms with Crippen molar-refractivity contribution in [1.82, 2.24) is 0 Å². The maximum atomic E-state index is 12.3. The summed E-state index contributed by atoms with van der Waals surface area (Å²) < 4.78 is 46.6. The standard InChI is InChI=1S/C6H8F2O4S.Na.H/c1-4(2)5(9)12-3-6(7,8)13(10)11;;/h1,3H2,2H3,(H,10,11);;. The van der Waals surface area contributed by atoms with E-state index in [0.29, 0.717) is 0 Å². The van der Waals surface area contributed by atoms with Crippen LogP contribution in [0.25, 0.3) is 0 Å². The number of hydrogen-bond acceptors (Lipinski definition) is 3. The van der Waals surface area contributed by atoms with Crippen LogP contribution in [0.2, 0.25) is 0 Å². The summed E-state index contributed by atoms with van der Waals surface area (Å²) in [6.07, 6.45) is 0. The Balaban J connectivity index is 0. The number of ether oxygens (including phenoxy) is 1. The fourth-order valence-corrected chi connectivity index (χ4v) is 0.483. The third kappa shape index (κ3) is 5.82. The third-order valence-corrected chi connectivity index (χ3v) is 1.60. The first-order valence-electron chi connectivity index (χ1n) is 3.09. The van der Waals surface area contributed by atoms with E-state index in [9.17, 15) is 17.8 Å². The third-order valence-electron chi connectivity index (χ3n) is 0.975. The van der Waals surface area contributed by atoms with Gasteiger partial charge in [0.1, 0.15) is 0 Å². The molecule has 0 saturated heterocycles. The Hall–Kier alpha value is 0.180. The van der Waals surface area contributed by atoms with Crippen molar-refractivity contribution >= 4 is 46.6 Å². The molecule has 0 saturated carbocycles. The van der Waals surface area contributed by atoms with E-state index in [1.807, 2.05) is 0 Å². The van der Waals surface area contributed by atoms with Crippen molar-refractivity contribution in [2.24, 2.45) is 0 Å². The molecule has 0 amide bonds. The van der Waals surface area contributed by atoms with Gasteiger partial charge in [0, 0.05) is 5.57 Å². The van der Waals surface area contributed by atoms with E-state index in [0.717, 1.165) is 0 Å². The van der Waals surface area contributed by atoms with E-state index >= 15 is 0 Å². The average Bonchev–Trinajstić information content (AvgIpc) is 1.99. The Labute approximate surface area is 104 Å². The molecule has 0 fully saturated rings. The van der Waals surface area contributed by atoms with Crippen molar-refractivity contribution in [2.45, 2.75) is 12.2 Å². The Morgan fingerprint density at radius 1 is 1.64 bits per heavy atom. The molecular weight excluding hydrogens is 229 g/mol. The van der Waals surface area contributed by atoms with E-state index < -0.39 is 28.9 Å².